The Hall–Kier alpha value is -1.03. The van der Waals surface area contributed by atoms with Gasteiger partial charge in [-0.3, -0.25) is 10.00 Å². The van der Waals surface area contributed by atoms with Crippen LogP contribution in [0.3, 0.4) is 0 Å². The highest BCUT2D eigenvalue weighted by Gasteiger charge is 2.32. The van der Waals surface area contributed by atoms with Gasteiger partial charge < -0.3 is 0 Å². The smallest absolute Gasteiger partial charge is 0.217 e. The van der Waals surface area contributed by atoms with E-state index < -0.39 is 9.84 Å². The van der Waals surface area contributed by atoms with Crippen LogP contribution in [0.1, 0.15) is 20.3 Å². The molecule has 1 atom stereocenters. The number of H-pyrrole nitrogens is 1. The number of hydrogen-bond acceptors (Lipinski definition) is 5. The highest BCUT2D eigenvalue weighted by atomic mass is 79.9. The summed E-state index contributed by atoms with van der Waals surface area (Å²) >= 11 is 8.84. The van der Waals surface area contributed by atoms with Gasteiger partial charge in [0.25, 0.3) is 0 Å². The topological polar surface area (TPSA) is 71.0 Å². The molecule has 1 N–H and O–H groups in total. The lowest BCUT2D eigenvalue weighted by Crippen LogP contribution is -2.40. The molecule has 1 fully saturated rings. The number of hydrogen-bond donors (Lipinski definition) is 1. The van der Waals surface area contributed by atoms with Crippen LogP contribution in [0, 0.1) is 10.7 Å². The van der Waals surface area contributed by atoms with Gasteiger partial charge in [0.15, 0.2) is 15.7 Å². The monoisotopic (exact) mass is 458 g/mol. The average Bonchev–Trinajstić information content (AvgIpc) is 3.10. The lowest BCUT2D eigenvalue weighted by molar-refractivity contribution is 0.137. The Morgan fingerprint density at radius 1 is 1.38 bits per heavy atom. The predicted molar refractivity (Wildman–Crippen MR) is 109 cm³/mol. The maximum atomic E-state index is 11.9. The summed E-state index contributed by atoms with van der Waals surface area (Å²) in [7, 11) is -2.93. The summed E-state index contributed by atoms with van der Waals surface area (Å²) in [6.07, 6.45) is 0.677. The number of sulfone groups is 1. The minimum absolute atomic E-state index is 0.0312. The molecule has 0 amide bonds. The third-order valence-electron chi connectivity index (χ3n) is 4.44. The molecular formula is C17H23BrN4O2S2. The van der Waals surface area contributed by atoms with Gasteiger partial charge in [-0.25, -0.2) is 13.1 Å². The molecule has 2 aromatic rings. The summed E-state index contributed by atoms with van der Waals surface area (Å²) in [5.74, 6) is 1.64. The number of rotatable bonds is 6. The highest BCUT2D eigenvalue weighted by molar-refractivity contribution is 9.10. The lowest BCUT2D eigenvalue weighted by atomic mass is 10.1. The van der Waals surface area contributed by atoms with E-state index in [1.165, 1.54) is 0 Å². The molecule has 3 rings (SSSR count). The fourth-order valence-corrected chi connectivity index (χ4v) is 5.45. The van der Waals surface area contributed by atoms with Gasteiger partial charge in [0, 0.05) is 22.6 Å². The van der Waals surface area contributed by atoms with Crippen LogP contribution in [0.5, 0.6) is 0 Å². The van der Waals surface area contributed by atoms with Crippen molar-refractivity contribution >= 4 is 38.0 Å². The maximum Gasteiger partial charge on any atom is 0.217 e. The second-order valence-electron chi connectivity index (χ2n) is 7.15. The predicted octanol–water partition coefficient (Wildman–Crippen LogP) is 3.47. The quantitative estimate of drug-likeness (QED) is 0.670. The van der Waals surface area contributed by atoms with E-state index in [0.29, 0.717) is 29.6 Å². The van der Waals surface area contributed by atoms with Crippen LogP contribution >= 0.6 is 28.1 Å². The van der Waals surface area contributed by atoms with Gasteiger partial charge in [0.05, 0.1) is 18.2 Å². The molecule has 0 saturated carbocycles. The van der Waals surface area contributed by atoms with Gasteiger partial charge >= 0.3 is 0 Å². The van der Waals surface area contributed by atoms with Crippen LogP contribution in [0.4, 0.5) is 0 Å². The number of nitrogens with one attached hydrogen (secondary N) is 1. The molecule has 1 aliphatic heterocycles. The first-order valence-corrected chi connectivity index (χ1v) is 11.6. The Morgan fingerprint density at radius 2 is 2.08 bits per heavy atom. The van der Waals surface area contributed by atoms with Crippen LogP contribution in [0.15, 0.2) is 28.7 Å². The summed E-state index contributed by atoms with van der Waals surface area (Å²) in [4.78, 5) is 6.66. The van der Waals surface area contributed by atoms with E-state index in [2.05, 4.69) is 44.8 Å². The van der Waals surface area contributed by atoms with Gasteiger partial charge in [-0.2, -0.15) is 4.98 Å². The molecule has 0 unspecified atom stereocenters. The van der Waals surface area contributed by atoms with Crippen LogP contribution in [0.25, 0.3) is 11.4 Å². The third-order valence-corrected chi connectivity index (χ3v) is 7.04. The van der Waals surface area contributed by atoms with Crippen molar-refractivity contribution in [1.29, 1.82) is 0 Å². The Labute approximate surface area is 167 Å². The van der Waals surface area contributed by atoms with Crippen molar-refractivity contribution in [3.8, 4) is 11.4 Å². The van der Waals surface area contributed by atoms with Crippen molar-refractivity contribution in [2.75, 3.05) is 18.1 Å². The highest BCUT2D eigenvalue weighted by Crippen LogP contribution is 2.21. The van der Waals surface area contributed by atoms with Crippen molar-refractivity contribution in [2.24, 2.45) is 5.92 Å². The van der Waals surface area contributed by atoms with Crippen LogP contribution < -0.4 is 0 Å². The molecule has 1 aliphatic rings. The lowest BCUT2D eigenvalue weighted by Gasteiger charge is -2.29. The fourth-order valence-electron chi connectivity index (χ4n) is 3.23. The Morgan fingerprint density at radius 3 is 2.65 bits per heavy atom. The van der Waals surface area contributed by atoms with Crippen molar-refractivity contribution < 1.29 is 8.42 Å². The van der Waals surface area contributed by atoms with E-state index >= 15 is 0 Å². The SMILES string of the molecule is CC(C)CN(Cn1[nH]c(-c2ccc(Br)cc2)nc1=S)[C@H]1CCS(=O)(=O)C1. The van der Waals surface area contributed by atoms with Crippen molar-refractivity contribution in [3.63, 3.8) is 0 Å². The van der Waals surface area contributed by atoms with E-state index in [1.807, 2.05) is 28.9 Å². The molecule has 1 aromatic heterocycles. The van der Waals surface area contributed by atoms with Crippen molar-refractivity contribution in [1.82, 2.24) is 19.7 Å². The van der Waals surface area contributed by atoms with E-state index in [0.717, 1.165) is 16.6 Å². The van der Waals surface area contributed by atoms with Crippen LogP contribution in [-0.2, 0) is 16.5 Å². The summed E-state index contributed by atoms with van der Waals surface area (Å²) in [6.45, 7) is 5.60. The van der Waals surface area contributed by atoms with Crippen LogP contribution in [0.2, 0.25) is 0 Å². The summed E-state index contributed by atoms with van der Waals surface area (Å²) in [6, 6.07) is 7.89. The summed E-state index contributed by atoms with van der Waals surface area (Å²) in [5.41, 5.74) is 0.955. The molecule has 0 spiro atoms. The molecule has 2 heterocycles. The van der Waals surface area contributed by atoms with E-state index in [1.54, 1.807) is 0 Å². The number of aromatic amines is 1. The molecule has 9 heteroatoms. The molecule has 0 bridgehead atoms. The molecule has 0 aliphatic carbocycles. The zero-order valence-corrected chi connectivity index (χ0v) is 18.1. The standard InChI is InChI=1S/C17H23BrN4O2S2/c1-12(2)9-21(15-7-8-26(23,24)10-15)11-22-17(25)19-16(20-22)13-3-5-14(18)6-4-13/h3-6,12,15H,7-11H2,1-2H3,(H,19,20,25)/t15-/m0/s1. The first-order valence-electron chi connectivity index (χ1n) is 8.61. The summed E-state index contributed by atoms with van der Waals surface area (Å²) in [5, 5.41) is 3.26. The Balaban J connectivity index is 1.82. The first kappa shape index (κ1) is 19.7. The van der Waals surface area contributed by atoms with Gasteiger partial charge in [-0.1, -0.05) is 41.9 Å². The molecule has 0 radical (unpaired) electrons. The maximum absolute atomic E-state index is 11.9. The van der Waals surface area contributed by atoms with Crippen molar-refractivity contribution in [3.05, 3.63) is 33.5 Å². The minimum atomic E-state index is -2.93. The molecule has 142 valence electrons. The number of nitrogens with zero attached hydrogens (tertiary/aromatic N) is 3. The average molecular weight is 459 g/mol. The number of benzene rings is 1. The normalized spacial score (nSPS) is 19.5. The largest absolute Gasteiger partial charge is 0.280 e. The number of aromatic nitrogens is 3. The molecule has 26 heavy (non-hydrogen) atoms. The van der Waals surface area contributed by atoms with Gasteiger partial charge in [0.1, 0.15) is 0 Å². The summed E-state index contributed by atoms with van der Waals surface area (Å²) < 4.78 is 27.1. The third kappa shape index (κ3) is 4.82. The van der Waals surface area contributed by atoms with Crippen LogP contribution in [-0.4, -0.2) is 52.2 Å². The second-order valence-corrected chi connectivity index (χ2v) is 10.7. The van der Waals surface area contributed by atoms with E-state index in [9.17, 15) is 8.42 Å². The molecule has 1 saturated heterocycles. The van der Waals surface area contributed by atoms with Crippen molar-refractivity contribution in [2.45, 2.75) is 33.0 Å². The molecule has 6 nitrogen and oxygen atoms in total. The minimum Gasteiger partial charge on any atom is -0.280 e. The molecular weight excluding hydrogens is 436 g/mol. The van der Waals surface area contributed by atoms with E-state index in [-0.39, 0.29) is 17.5 Å². The Kier molecular flexibility index (Phi) is 6.01. The van der Waals surface area contributed by atoms with Gasteiger partial charge in [-0.05, 0) is 36.7 Å². The first-order chi connectivity index (χ1) is 12.2. The fraction of sp³-hybridized carbons (Fsp3) is 0.529. The zero-order valence-electron chi connectivity index (χ0n) is 14.9. The number of halogens is 1. The van der Waals surface area contributed by atoms with Gasteiger partial charge in [-0.15, -0.1) is 0 Å². The van der Waals surface area contributed by atoms with E-state index in [4.69, 9.17) is 12.2 Å². The Bertz CT molecular complexity index is 919. The molecule has 1 aromatic carbocycles. The van der Waals surface area contributed by atoms with Gasteiger partial charge in [0.2, 0.25) is 4.77 Å². The zero-order chi connectivity index (χ0) is 18.9. The second kappa shape index (κ2) is 7.92.